The molecule has 0 bridgehead atoms. The minimum absolute atomic E-state index is 0.0615. The fourth-order valence-electron chi connectivity index (χ4n) is 2.85. The summed E-state index contributed by atoms with van der Waals surface area (Å²) in [5.41, 5.74) is 0. The van der Waals surface area contributed by atoms with Crippen LogP contribution >= 0.6 is 0 Å². The number of aliphatic hydroxyl groups excluding tert-OH is 1. The molecule has 0 radical (unpaired) electrons. The topological polar surface area (TPSA) is 84.4 Å². The fraction of sp³-hybridized carbons (Fsp3) is 0.769. The SMILES string of the molecule is Cc1ncc([N+](=O)[O-])n1CC(O)CN1CCCC(C)C1. The fourth-order valence-corrected chi connectivity index (χ4v) is 2.85. The zero-order valence-electron chi connectivity index (χ0n) is 12.0. The van der Waals surface area contributed by atoms with Gasteiger partial charge in [0.1, 0.15) is 18.8 Å². The zero-order chi connectivity index (χ0) is 14.7. The second-order valence-corrected chi connectivity index (χ2v) is 5.69. The molecule has 1 aliphatic heterocycles. The highest BCUT2D eigenvalue weighted by molar-refractivity contribution is 5.18. The summed E-state index contributed by atoms with van der Waals surface area (Å²) in [5.74, 6) is 1.15. The van der Waals surface area contributed by atoms with E-state index >= 15 is 0 Å². The highest BCUT2D eigenvalue weighted by atomic mass is 16.6. The smallest absolute Gasteiger partial charge is 0.342 e. The summed E-state index contributed by atoms with van der Waals surface area (Å²) in [6.07, 6.45) is 3.01. The number of nitrogens with zero attached hydrogens (tertiary/aromatic N) is 4. The van der Waals surface area contributed by atoms with Crippen LogP contribution in [-0.2, 0) is 6.54 Å². The lowest BCUT2D eigenvalue weighted by atomic mass is 10.00. The number of aryl methyl sites for hydroxylation is 1. The van der Waals surface area contributed by atoms with E-state index in [1.165, 1.54) is 17.2 Å². The van der Waals surface area contributed by atoms with Gasteiger partial charge < -0.3 is 20.1 Å². The summed E-state index contributed by atoms with van der Waals surface area (Å²) in [6, 6.07) is 0. The van der Waals surface area contributed by atoms with E-state index in [0.29, 0.717) is 18.3 Å². The van der Waals surface area contributed by atoms with Crippen LogP contribution < -0.4 is 0 Å². The first-order valence-electron chi connectivity index (χ1n) is 7.04. The van der Waals surface area contributed by atoms with Crippen molar-refractivity contribution in [2.75, 3.05) is 19.6 Å². The molecule has 0 saturated carbocycles. The van der Waals surface area contributed by atoms with Crippen LogP contribution in [0.5, 0.6) is 0 Å². The van der Waals surface area contributed by atoms with Crippen molar-refractivity contribution in [2.45, 2.75) is 39.3 Å². The van der Waals surface area contributed by atoms with E-state index < -0.39 is 11.0 Å². The predicted octanol–water partition coefficient (Wildman–Crippen LogP) is 1.19. The summed E-state index contributed by atoms with van der Waals surface area (Å²) < 4.78 is 1.47. The van der Waals surface area contributed by atoms with Crippen molar-refractivity contribution in [3.8, 4) is 0 Å². The molecule has 2 rings (SSSR count). The number of imidazole rings is 1. The van der Waals surface area contributed by atoms with Gasteiger partial charge in [0.15, 0.2) is 5.82 Å². The number of nitro groups is 1. The molecule has 2 heterocycles. The third-order valence-corrected chi connectivity index (χ3v) is 3.82. The van der Waals surface area contributed by atoms with Gasteiger partial charge in [-0.2, -0.15) is 0 Å². The zero-order valence-corrected chi connectivity index (χ0v) is 12.0. The molecule has 1 aromatic rings. The average molecular weight is 282 g/mol. The predicted molar refractivity (Wildman–Crippen MR) is 74.5 cm³/mol. The van der Waals surface area contributed by atoms with Crippen molar-refractivity contribution in [3.05, 3.63) is 22.1 Å². The first-order chi connectivity index (χ1) is 9.47. The van der Waals surface area contributed by atoms with Crippen molar-refractivity contribution in [2.24, 2.45) is 5.92 Å². The molecule has 0 spiro atoms. The molecule has 1 fully saturated rings. The summed E-state index contributed by atoms with van der Waals surface area (Å²) >= 11 is 0. The van der Waals surface area contributed by atoms with Gasteiger partial charge in [0.2, 0.25) is 0 Å². The Morgan fingerprint density at radius 3 is 3.00 bits per heavy atom. The summed E-state index contributed by atoms with van der Waals surface area (Å²) in [5, 5.41) is 21.1. The van der Waals surface area contributed by atoms with Crippen LogP contribution in [-0.4, -0.2) is 50.2 Å². The summed E-state index contributed by atoms with van der Waals surface area (Å²) in [4.78, 5) is 16.6. The third kappa shape index (κ3) is 3.55. The molecule has 0 aromatic carbocycles. The van der Waals surface area contributed by atoms with Gasteiger partial charge in [-0.15, -0.1) is 0 Å². The van der Waals surface area contributed by atoms with Crippen molar-refractivity contribution in [1.82, 2.24) is 14.5 Å². The Kier molecular flexibility index (Phi) is 4.72. The molecular weight excluding hydrogens is 260 g/mol. The number of hydrogen-bond acceptors (Lipinski definition) is 5. The van der Waals surface area contributed by atoms with E-state index in [4.69, 9.17) is 0 Å². The average Bonchev–Trinajstić information content (AvgIpc) is 2.71. The summed E-state index contributed by atoms with van der Waals surface area (Å²) in [7, 11) is 0. The van der Waals surface area contributed by atoms with E-state index in [1.54, 1.807) is 6.92 Å². The minimum Gasteiger partial charge on any atom is -0.388 e. The Labute approximate surface area is 118 Å². The number of aliphatic hydroxyl groups is 1. The standard InChI is InChI=1S/C13H22N4O3/c1-10-4-3-5-15(7-10)8-12(18)9-16-11(2)14-6-13(16)17(19)20/h6,10,12,18H,3-5,7-9H2,1-2H3. The maximum absolute atomic E-state index is 10.9. The van der Waals surface area contributed by atoms with Crippen LogP contribution in [0.15, 0.2) is 6.20 Å². The second-order valence-electron chi connectivity index (χ2n) is 5.69. The maximum atomic E-state index is 10.9. The van der Waals surface area contributed by atoms with E-state index in [0.717, 1.165) is 19.5 Å². The maximum Gasteiger partial charge on any atom is 0.342 e. The van der Waals surface area contributed by atoms with Crippen LogP contribution in [0.4, 0.5) is 5.82 Å². The van der Waals surface area contributed by atoms with Crippen LogP contribution in [0.3, 0.4) is 0 Å². The lowest BCUT2D eigenvalue weighted by Crippen LogP contribution is -2.40. The molecule has 7 nitrogen and oxygen atoms in total. The Morgan fingerprint density at radius 2 is 2.35 bits per heavy atom. The number of β-amino-alcohol motifs (C(OH)–C–C–N with tert-alkyl or cyclic N) is 1. The van der Waals surface area contributed by atoms with Gasteiger partial charge in [0.05, 0.1) is 0 Å². The number of hydrogen-bond donors (Lipinski definition) is 1. The van der Waals surface area contributed by atoms with Crippen molar-refractivity contribution >= 4 is 5.82 Å². The minimum atomic E-state index is -0.619. The monoisotopic (exact) mass is 282 g/mol. The van der Waals surface area contributed by atoms with Gasteiger partial charge in [-0.25, -0.2) is 9.55 Å². The lowest BCUT2D eigenvalue weighted by Gasteiger charge is -2.31. The Balaban J connectivity index is 1.96. The van der Waals surface area contributed by atoms with Gasteiger partial charge in [0, 0.05) is 20.0 Å². The molecule has 7 heteroatoms. The number of aromatic nitrogens is 2. The van der Waals surface area contributed by atoms with Crippen molar-refractivity contribution < 1.29 is 10.0 Å². The molecule has 1 aliphatic rings. The highest BCUT2D eigenvalue weighted by Crippen LogP contribution is 2.17. The van der Waals surface area contributed by atoms with Gasteiger partial charge in [-0.3, -0.25) is 0 Å². The van der Waals surface area contributed by atoms with E-state index in [9.17, 15) is 15.2 Å². The lowest BCUT2D eigenvalue weighted by molar-refractivity contribution is -0.392. The van der Waals surface area contributed by atoms with Gasteiger partial charge in [0.25, 0.3) is 0 Å². The first-order valence-corrected chi connectivity index (χ1v) is 7.04. The number of likely N-dealkylation sites (tertiary alicyclic amines) is 1. The molecule has 0 amide bonds. The molecule has 112 valence electrons. The van der Waals surface area contributed by atoms with Crippen LogP contribution in [0, 0.1) is 23.0 Å². The molecule has 1 N–H and O–H groups in total. The van der Waals surface area contributed by atoms with Crippen molar-refractivity contribution in [1.29, 1.82) is 0 Å². The quantitative estimate of drug-likeness (QED) is 0.648. The van der Waals surface area contributed by atoms with Crippen LogP contribution in [0.25, 0.3) is 0 Å². The highest BCUT2D eigenvalue weighted by Gasteiger charge is 2.23. The molecule has 2 unspecified atom stereocenters. The normalized spacial score (nSPS) is 21.9. The van der Waals surface area contributed by atoms with E-state index in [-0.39, 0.29) is 12.4 Å². The molecule has 1 saturated heterocycles. The Morgan fingerprint density at radius 1 is 1.60 bits per heavy atom. The number of rotatable bonds is 5. The number of piperidine rings is 1. The summed E-state index contributed by atoms with van der Waals surface area (Å²) in [6.45, 7) is 6.67. The molecule has 20 heavy (non-hydrogen) atoms. The van der Waals surface area contributed by atoms with E-state index in [2.05, 4.69) is 16.8 Å². The molecule has 0 aliphatic carbocycles. The van der Waals surface area contributed by atoms with Crippen molar-refractivity contribution in [3.63, 3.8) is 0 Å². The second kappa shape index (κ2) is 6.32. The first kappa shape index (κ1) is 14.9. The van der Waals surface area contributed by atoms with Gasteiger partial charge in [-0.05, 0) is 30.2 Å². The largest absolute Gasteiger partial charge is 0.388 e. The molecule has 2 atom stereocenters. The Bertz CT molecular complexity index is 474. The van der Waals surface area contributed by atoms with Gasteiger partial charge >= 0.3 is 5.82 Å². The molecular formula is C13H22N4O3. The van der Waals surface area contributed by atoms with Crippen LogP contribution in [0.2, 0.25) is 0 Å². The third-order valence-electron chi connectivity index (χ3n) is 3.82. The Hall–Kier alpha value is -1.47. The van der Waals surface area contributed by atoms with Gasteiger partial charge in [-0.1, -0.05) is 6.92 Å². The van der Waals surface area contributed by atoms with Crippen LogP contribution in [0.1, 0.15) is 25.6 Å². The molecule has 1 aromatic heterocycles. The van der Waals surface area contributed by atoms with E-state index in [1.807, 2.05) is 0 Å².